The summed E-state index contributed by atoms with van der Waals surface area (Å²) < 4.78 is 11.3. The fraction of sp³-hybridized carbons (Fsp3) is 0.944. The highest BCUT2D eigenvalue weighted by atomic mass is 31.2. The Bertz CT molecular complexity index is 322. The van der Waals surface area contributed by atoms with Crippen molar-refractivity contribution in [3.63, 3.8) is 0 Å². The molecular weight excluding hydrogens is 311 g/mol. The second-order valence-corrected chi connectivity index (χ2v) is 8.22. The van der Waals surface area contributed by atoms with Gasteiger partial charge in [0.2, 0.25) is 5.52 Å². The Morgan fingerprint density at radius 3 is 1.43 bits per heavy atom. The zero-order valence-electron chi connectivity index (χ0n) is 15.1. The van der Waals surface area contributed by atoms with Crippen LogP contribution in [-0.4, -0.2) is 15.3 Å². The van der Waals surface area contributed by atoms with Gasteiger partial charge >= 0.3 is 7.60 Å². The second kappa shape index (κ2) is 14.2. The van der Waals surface area contributed by atoms with Crippen LogP contribution in [0, 0.1) is 5.92 Å². The molecule has 0 saturated heterocycles. The largest absolute Gasteiger partial charge is 0.391 e. The molecule has 2 N–H and O–H groups in total. The third-order valence-corrected chi connectivity index (χ3v) is 5.39. The van der Waals surface area contributed by atoms with Crippen molar-refractivity contribution in [3.05, 3.63) is 0 Å². The van der Waals surface area contributed by atoms with Gasteiger partial charge in [-0.05, 0) is 12.8 Å². The minimum atomic E-state index is -4.58. The highest BCUT2D eigenvalue weighted by molar-refractivity contribution is 7.70. The van der Waals surface area contributed by atoms with Crippen LogP contribution in [0.3, 0.4) is 0 Å². The Morgan fingerprint density at radius 1 is 0.739 bits per heavy atom. The maximum Gasteiger partial charge on any atom is 0.391 e. The smallest absolute Gasteiger partial charge is 0.319 e. The molecule has 0 atom stereocenters. The molecule has 0 aromatic heterocycles. The first-order valence-corrected chi connectivity index (χ1v) is 11.1. The third kappa shape index (κ3) is 12.9. The number of carbonyl (C=O) groups excluding carboxylic acids is 1. The van der Waals surface area contributed by atoms with E-state index in [0.717, 1.165) is 38.5 Å². The van der Waals surface area contributed by atoms with Crippen LogP contribution in [0.1, 0.15) is 104 Å². The Kier molecular flexibility index (Phi) is 14.1. The lowest BCUT2D eigenvalue weighted by Crippen LogP contribution is -2.15. The lowest BCUT2D eigenvalue weighted by Gasteiger charge is -2.16. The van der Waals surface area contributed by atoms with Gasteiger partial charge in [0.1, 0.15) is 0 Å². The molecule has 0 aliphatic heterocycles. The molecule has 0 heterocycles. The molecule has 0 amide bonds. The molecule has 4 nitrogen and oxygen atoms in total. The van der Waals surface area contributed by atoms with E-state index in [1.54, 1.807) is 0 Å². The van der Waals surface area contributed by atoms with E-state index in [9.17, 15) is 9.36 Å². The first-order valence-electron chi connectivity index (χ1n) is 9.53. The summed E-state index contributed by atoms with van der Waals surface area (Å²) in [6.45, 7) is 4.35. The van der Waals surface area contributed by atoms with Crippen molar-refractivity contribution >= 4 is 13.1 Å². The molecule has 0 saturated carbocycles. The summed E-state index contributed by atoms with van der Waals surface area (Å²) in [6, 6.07) is 0. The van der Waals surface area contributed by atoms with Crippen LogP contribution >= 0.6 is 7.60 Å². The zero-order valence-corrected chi connectivity index (χ0v) is 16.0. The van der Waals surface area contributed by atoms with Crippen molar-refractivity contribution in [2.75, 3.05) is 0 Å². The highest BCUT2D eigenvalue weighted by Crippen LogP contribution is 2.41. The van der Waals surface area contributed by atoms with Crippen LogP contribution in [0.4, 0.5) is 0 Å². The molecule has 0 fully saturated rings. The van der Waals surface area contributed by atoms with Crippen molar-refractivity contribution in [2.24, 2.45) is 5.92 Å². The topological polar surface area (TPSA) is 74.6 Å². The van der Waals surface area contributed by atoms with Crippen molar-refractivity contribution in [2.45, 2.75) is 104 Å². The highest BCUT2D eigenvalue weighted by Gasteiger charge is 2.32. The minimum absolute atomic E-state index is 0.451. The van der Waals surface area contributed by atoms with E-state index in [1.165, 1.54) is 38.5 Å². The number of hydrogen-bond acceptors (Lipinski definition) is 2. The first kappa shape index (κ1) is 22.8. The van der Waals surface area contributed by atoms with Crippen molar-refractivity contribution < 1.29 is 19.1 Å². The number of rotatable bonds is 16. The van der Waals surface area contributed by atoms with Gasteiger partial charge in [0, 0.05) is 5.92 Å². The molecule has 0 aromatic carbocycles. The predicted octanol–water partition coefficient (Wildman–Crippen LogP) is 5.81. The summed E-state index contributed by atoms with van der Waals surface area (Å²) in [5.41, 5.74) is -0.834. The van der Waals surface area contributed by atoms with E-state index in [2.05, 4.69) is 13.8 Å². The Hall–Kier alpha value is -0.180. The monoisotopic (exact) mass is 348 g/mol. The fourth-order valence-corrected chi connectivity index (χ4v) is 3.71. The third-order valence-electron chi connectivity index (χ3n) is 4.45. The van der Waals surface area contributed by atoms with Crippen LogP contribution in [-0.2, 0) is 9.36 Å². The van der Waals surface area contributed by atoms with Crippen molar-refractivity contribution in [1.29, 1.82) is 0 Å². The van der Waals surface area contributed by atoms with Gasteiger partial charge in [0.25, 0.3) is 0 Å². The molecule has 0 spiro atoms. The maximum atomic E-state index is 11.9. The number of carbonyl (C=O) groups is 1. The van der Waals surface area contributed by atoms with E-state index in [-0.39, 0.29) is 0 Å². The lowest BCUT2D eigenvalue weighted by molar-refractivity contribution is -0.117. The SMILES string of the molecule is CCCCCCCCC(CCCCCCCC)C(=O)P(=O)(O)O. The Labute approximate surface area is 142 Å². The molecule has 0 aliphatic rings. The summed E-state index contributed by atoms with van der Waals surface area (Å²) in [6.07, 6.45) is 14.8. The normalized spacial score (nSPS) is 12.0. The average Bonchev–Trinajstić information content (AvgIpc) is 2.50. The molecule has 0 rings (SSSR count). The van der Waals surface area contributed by atoms with Crippen molar-refractivity contribution in [1.82, 2.24) is 0 Å². The summed E-state index contributed by atoms with van der Waals surface area (Å²) in [5.74, 6) is -0.451. The van der Waals surface area contributed by atoms with Crippen LogP contribution in [0.5, 0.6) is 0 Å². The zero-order chi connectivity index (χ0) is 17.6. The van der Waals surface area contributed by atoms with Gasteiger partial charge in [-0.3, -0.25) is 9.36 Å². The number of unbranched alkanes of at least 4 members (excludes halogenated alkanes) is 10. The average molecular weight is 348 g/mol. The van der Waals surface area contributed by atoms with Crippen LogP contribution in [0.2, 0.25) is 0 Å². The quantitative estimate of drug-likeness (QED) is 0.273. The second-order valence-electron chi connectivity index (χ2n) is 6.69. The van der Waals surface area contributed by atoms with E-state index in [1.807, 2.05) is 0 Å². The van der Waals surface area contributed by atoms with Gasteiger partial charge in [-0.15, -0.1) is 0 Å². The Balaban J connectivity index is 4.10. The minimum Gasteiger partial charge on any atom is -0.319 e. The van der Waals surface area contributed by atoms with Gasteiger partial charge in [0.05, 0.1) is 0 Å². The molecule has 0 radical (unpaired) electrons. The number of hydrogen-bond donors (Lipinski definition) is 2. The molecule has 138 valence electrons. The molecule has 0 aromatic rings. The molecular formula is C18H37O4P. The summed E-state index contributed by atoms with van der Waals surface area (Å²) >= 11 is 0. The summed E-state index contributed by atoms with van der Waals surface area (Å²) in [5, 5.41) is 0. The van der Waals surface area contributed by atoms with Gasteiger partial charge in [-0.2, -0.15) is 0 Å². The van der Waals surface area contributed by atoms with Gasteiger partial charge < -0.3 is 9.79 Å². The van der Waals surface area contributed by atoms with Crippen molar-refractivity contribution in [3.8, 4) is 0 Å². The van der Waals surface area contributed by atoms with E-state index < -0.39 is 19.0 Å². The molecule has 0 aliphatic carbocycles. The maximum absolute atomic E-state index is 11.9. The first-order chi connectivity index (χ1) is 10.9. The fourth-order valence-electron chi connectivity index (χ4n) is 2.97. The van der Waals surface area contributed by atoms with E-state index >= 15 is 0 Å². The van der Waals surface area contributed by atoms with Gasteiger partial charge in [0.15, 0.2) is 0 Å². The molecule has 0 bridgehead atoms. The Morgan fingerprint density at radius 2 is 1.09 bits per heavy atom. The van der Waals surface area contributed by atoms with Crippen LogP contribution < -0.4 is 0 Å². The summed E-state index contributed by atoms with van der Waals surface area (Å²) in [4.78, 5) is 30.3. The van der Waals surface area contributed by atoms with Crippen LogP contribution in [0.15, 0.2) is 0 Å². The standard InChI is InChI=1S/C18H37O4P/c1-3-5-7-9-11-13-15-17(18(19)23(20,21)22)16-14-12-10-8-6-4-2/h17H,3-16H2,1-2H3,(H2,20,21,22). The van der Waals surface area contributed by atoms with Gasteiger partial charge in [-0.25, -0.2) is 0 Å². The predicted molar refractivity (Wildman–Crippen MR) is 96.5 cm³/mol. The van der Waals surface area contributed by atoms with Crippen LogP contribution in [0.25, 0.3) is 0 Å². The van der Waals surface area contributed by atoms with E-state index in [0.29, 0.717) is 12.8 Å². The summed E-state index contributed by atoms with van der Waals surface area (Å²) in [7, 11) is -4.58. The molecule has 23 heavy (non-hydrogen) atoms. The molecule has 5 heteroatoms. The van der Waals surface area contributed by atoms with Gasteiger partial charge in [-0.1, -0.05) is 90.9 Å². The lowest BCUT2D eigenvalue weighted by atomic mass is 9.95. The van der Waals surface area contributed by atoms with E-state index in [4.69, 9.17) is 9.79 Å². The molecule has 0 unspecified atom stereocenters.